The molecule has 0 unspecified atom stereocenters. The van der Waals surface area contributed by atoms with Gasteiger partial charge in [-0.25, -0.2) is 4.79 Å². The van der Waals surface area contributed by atoms with Gasteiger partial charge in [0.05, 0.1) is 5.41 Å². The monoisotopic (exact) mass is 402 g/mol. The number of hydrogen-bond donors (Lipinski definition) is 3. The maximum absolute atomic E-state index is 13.4. The minimum atomic E-state index is -1.24. The number of carbonyl (C=O) groups excluding carboxylic acids is 3. The predicted octanol–water partition coefficient (Wildman–Crippen LogP) is 0.987. The van der Waals surface area contributed by atoms with Crippen LogP contribution in [0.5, 0.6) is 0 Å². The summed E-state index contributed by atoms with van der Waals surface area (Å²) in [6.45, 7) is 3.74. The number of nitrogens with one attached hydrogen (secondary N) is 1. The van der Waals surface area contributed by atoms with Crippen LogP contribution in [0.4, 0.5) is 10.5 Å². The average molecular weight is 402 g/mol. The van der Waals surface area contributed by atoms with Crippen molar-refractivity contribution in [3.05, 3.63) is 29.8 Å². The molecule has 2 heterocycles. The van der Waals surface area contributed by atoms with Crippen LogP contribution >= 0.6 is 0 Å². The minimum Gasteiger partial charge on any atom is -0.465 e. The molecule has 1 spiro atoms. The Morgan fingerprint density at radius 2 is 2.00 bits per heavy atom. The van der Waals surface area contributed by atoms with Gasteiger partial charge in [-0.15, -0.1) is 0 Å². The number of anilines is 1. The van der Waals surface area contributed by atoms with Gasteiger partial charge < -0.3 is 21.1 Å². The van der Waals surface area contributed by atoms with Crippen molar-refractivity contribution < 1.29 is 24.3 Å². The molecule has 29 heavy (non-hydrogen) atoms. The molecule has 9 heteroatoms. The summed E-state index contributed by atoms with van der Waals surface area (Å²) >= 11 is 0. The van der Waals surface area contributed by atoms with Crippen molar-refractivity contribution in [1.82, 2.24) is 9.80 Å². The highest BCUT2D eigenvalue weighted by atomic mass is 16.4. The zero-order valence-electron chi connectivity index (χ0n) is 16.7. The van der Waals surface area contributed by atoms with Gasteiger partial charge in [-0.3, -0.25) is 19.3 Å². The number of primary amides is 1. The standard InChI is InChI=1S/C20H26N4O5/c1-11(2)8-14(23(3)19(28)29)17(26)24-10-20(9-15(24)16(21)25)12-6-4-5-7-13(12)22-18(20)27/h4-7,11,14-15H,8-10H2,1-3H3,(H2,21,25)(H,22,27)(H,28,29)/t14-,15-,20-/m0/s1. The van der Waals surface area contributed by atoms with E-state index in [1.807, 2.05) is 13.8 Å². The number of nitrogens with zero attached hydrogens (tertiary/aromatic N) is 2. The van der Waals surface area contributed by atoms with Crippen LogP contribution in [0.1, 0.15) is 32.3 Å². The molecule has 3 rings (SSSR count). The van der Waals surface area contributed by atoms with Crippen LogP contribution in [0.25, 0.3) is 0 Å². The van der Waals surface area contributed by atoms with Crippen LogP contribution < -0.4 is 11.1 Å². The summed E-state index contributed by atoms with van der Waals surface area (Å²) in [5.74, 6) is -1.47. The van der Waals surface area contributed by atoms with Crippen LogP contribution in [0.15, 0.2) is 24.3 Å². The molecule has 2 aliphatic heterocycles. The van der Waals surface area contributed by atoms with E-state index in [2.05, 4.69) is 5.32 Å². The summed E-state index contributed by atoms with van der Waals surface area (Å²) in [5, 5.41) is 12.2. The van der Waals surface area contributed by atoms with E-state index in [9.17, 15) is 24.3 Å². The maximum atomic E-state index is 13.4. The summed E-state index contributed by atoms with van der Waals surface area (Å²) in [7, 11) is 1.33. The quantitative estimate of drug-likeness (QED) is 0.675. The molecule has 1 aromatic carbocycles. The van der Waals surface area contributed by atoms with Gasteiger partial charge in [0.1, 0.15) is 12.1 Å². The van der Waals surface area contributed by atoms with E-state index in [-0.39, 0.29) is 24.8 Å². The fourth-order valence-electron chi connectivity index (χ4n) is 4.32. The third-order valence-corrected chi connectivity index (χ3v) is 5.84. The molecule has 1 aromatic rings. The first-order chi connectivity index (χ1) is 13.6. The Kier molecular flexibility index (Phi) is 5.25. The molecular formula is C20H26N4O5. The van der Waals surface area contributed by atoms with Gasteiger partial charge in [-0.2, -0.15) is 0 Å². The molecule has 1 saturated heterocycles. The zero-order chi connectivity index (χ0) is 21.5. The molecule has 4 N–H and O–H groups in total. The molecule has 9 nitrogen and oxygen atoms in total. The second-order valence-corrected chi connectivity index (χ2v) is 8.21. The average Bonchev–Trinajstić information content (AvgIpc) is 3.19. The maximum Gasteiger partial charge on any atom is 0.407 e. The number of likely N-dealkylation sites (N-methyl/N-ethyl adjacent to an activating group) is 1. The van der Waals surface area contributed by atoms with Crippen LogP contribution in [0, 0.1) is 5.92 Å². The summed E-state index contributed by atoms with van der Waals surface area (Å²) in [6.07, 6.45) is -0.876. The van der Waals surface area contributed by atoms with Crippen molar-refractivity contribution in [2.75, 3.05) is 18.9 Å². The van der Waals surface area contributed by atoms with E-state index in [0.717, 1.165) is 10.5 Å². The second-order valence-electron chi connectivity index (χ2n) is 8.21. The molecular weight excluding hydrogens is 376 g/mol. The fourth-order valence-corrected chi connectivity index (χ4v) is 4.32. The number of likely N-dealkylation sites (tertiary alicyclic amines) is 1. The first-order valence-electron chi connectivity index (χ1n) is 9.55. The lowest BCUT2D eigenvalue weighted by Gasteiger charge is -2.32. The Bertz CT molecular complexity index is 870. The topological polar surface area (TPSA) is 133 Å². The Hall–Kier alpha value is -3.10. The zero-order valence-corrected chi connectivity index (χ0v) is 16.7. The molecule has 0 bridgehead atoms. The number of carbonyl (C=O) groups is 4. The third-order valence-electron chi connectivity index (χ3n) is 5.84. The summed E-state index contributed by atoms with van der Waals surface area (Å²) in [4.78, 5) is 52.2. The Morgan fingerprint density at radius 1 is 1.34 bits per heavy atom. The fraction of sp³-hybridized carbons (Fsp3) is 0.500. The van der Waals surface area contributed by atoms with Crippen molar-refractivity contribution in [3.8, 4) is 0 Å². The number of hydrogen-bond acceptors (Lipinski definition) is 4. The number of carboxylic acid groups (broad SMARTS) is 1. The largest absolute Gasteiger partial charge is 0.465 e. The summed E-state index contributed by atoms with van der Waals surface area (Å²) in [6, 6.07) is 5.20. The number of rotatable bonds is 5. The lowest BCUT2D eigenvalue weighted by molar-refractivity contribution is -0.141. The van der Waals surface area contributed by atoms with Gasteiger partial charge in [0.25, 0.3) is 0 Å². The number of amides is 4. The molecule has 0 saturated carbocycles. The van der Waals surface area contributed by atoms with Gasteiger partial charge in [0.15, 0.2) is 0 Å². The summed E-state index contributed by atoms with van der Waals surface area (Å²) in [5.41, 5.74) is 5.88. The Balaban J connectivity index is 2.00. The van der Waals surface area contributed by atoms with Crippen LogP contribution in [-0.4, -0.2) is 64.4 Å². The van der Waals surface area contributed by atoms with E-state index in [4.69, 9.17) is 5.73 Å². The van der Waals surface area contributed by atoms with Crippen molar-refractivity contribution in [2.24, 2.45) is 11.7 Å². The van der Waals surface area contributed by atoms with Crippen molar-refractivity contribution in [1.29, 1.82) is 0 Å². The molecule has 3 atom stereocenters. The lowest BCUT2D eigenvalue weighted by Crippen LogP contribution is -2.53. The predicted molar refractivity (Wildman–Crippen MR) is 105 cm³/mol. The van der Waals surface area contributed by atoms with E-state index in [0.29, 0.717) is 12.1 Å². The van der Waals surface area contributed by atoms with Crippen molar-refractivity contribution in [2.45, 2.75) is 44.2 Å². The smallest absolute Gasteiger partial charge is 0.407 e. The summed E-state index contributed by atoms with van der Waals surface area (Å²) < 4.78 is 0. The van der Waals surface area contributed by atoms with Crippen LogP contribution in [-0.2, 0) is 19.8 Å². The molecule has 0 radical (unpaired) electrons. The van der Waals surface area contributed by atoms with E-state index >= 15 is 0 Å². The number of benzene rings is 1. The van der Waals surface area contributed by atoms with Gasteiger partial charge in [-0.05, 0) is 30.4 Å². The van der Waals surface area contributed by atoms with Crippen molar-refractivity contribution >= 4 is 29.5 Å². The molecule has 156 valence electrons. The number of nitrogens with two attached hydrogens (primary N) is 1. The highest BCUT2D eigenvalue weighted by molar-refractivity contribution is 6.08. The van der Waals surface area contributed by atoms with E-state index in [1.54, 1.807) is 24.3 Å². The Labute approximate surface area is 168 Å². The van der Waals surface area contributed by atoms with Gasteiger partial charge in [-0.1, -0.05) is 32.0 Å². The lowest BCUT2D eigenvalue weighted by atomic mass is 9.79. The number of fused-ring (bicyclic) bond motifs is 2. The van der Waals surface area contributed by atoms with Crippen molar-refractivity contribution in [3.63, 3.8) is 0 Å². The molecule has 0 aromatic heterocycles. The molecule has 1 fully saturated rings. The SMILES string of the molecule is CC(C)C[C@@H](C(=O)N1C[C@]2(C[C@H]1C(N)=O)C(=O)Nc1ccccc12)N(C)C(=O)O. The second kappa shape index (κ2) is 7.38. The molecule has 0 aliphatic carbocycles. The Morgan fingerprint density at radius 3 is 2.59 bits per heavy atom. The highest BCUT2D eigenvalue weighted by Gasteiger charge is 2.57. The van der Waals surface area contributed by atoms with Gasteiger partial charge >= 0.3 is 6.09 Å². The van der Waals surface area contributed by atoms with Gasteiger partial charge in [0, 0.05) is 19.3 Å². The first kappa shape index (κ1) is 20.6. The van der Waals surface area contributed by atoms with E-state index in [1.165, 1.54) is 11.9 Å². The van der Waals surface area contributed by atoms with Gasteiger partial charge in [0.2, 0.25) is 17.7 Å². The first-order valence-corrected chi connectivity index (χ1v) is 9.55. The molecule has 2 aliphatic rings. The van der Waals surface area contributed by atoms with E-state index < -0.39 is 35.4 Å². The third kappa shape index (κ3) is 3.41. The highest BCUT2D eigenvalue weighted by Crippen LogP contribution is 2.46. The molecule has 4 amide bonds. The van der Waals surface area contributed by atoms with Crippen LogP contribution in [0.2, 0.25) is 0 Å². The minimum absolute atomic E-state index is 0.0235. The number of para-hydroxylation sites is 1. The normalized spacial score (nSPS) is 23.8. The van der Waals surface area contributed by atoms with Crippen LogP contribution in [0.3, 0.4) is 0 Å².